The molecule has 144 valence electrons. The molecular weight excluding hydrogens is 324 g/mol. The lowest BCUT2D eigenvalue weighted by molar-refractivity contribution is -0.151. The van der Waals surface area contributed by atoms with Crippen LogP contribution < -0.4 is 5.32 Å². The maximum Gasteiger partial charge on any atom is 0.309 e. The Morgan fingerprint density at radius 2 is 2.00 bits per heavy atom. The molecule has 26 heavy (non-hydrogen) atoms. The zero-order chi connectivity index (χ0) is 19.4. The number of nitrogens with one attached hydrogen (secondary N) is 1. The third-order valence-electron chi connectivity index (χ3n) is 5.18. The van der Waals surface area contributed by atoms with Crippen LogP contribution in [-0.4, -0.2) is 25.7 Å². The highest BCUT2D eigenvalue weighted by molar-refractivity contribution is 5.73. The van der Waals surface area contributed by atoms with Crippen molar-refractivity contribution >= 4 is 5.97 Å². The van der Waals surface area contributed by atoms with E-state index in [1.165, 1.54) is 6.42 Å². The Balaban J connectivity index is 0.00000163. The normalized spacial score (nSPS) is 25.8. The molecular formula is C22H34N2O2. The number of rotatable bonds is 6. The molecule has 0 spiro atoms. The Labute approximate surface area is 159 Å². The van der Waals surface area contributed by atoms with Crippen molar-refractivity contribution in [3.05, 3.63) is 36.0 Å². The van der Waals surface area contributed by atoms with Crippen LogP contribution in [0.15, 0.2) is 36.0 Å². The average Bonchev–Trinajstić information content (AvgIpc) is 2.92. The lowest BCUT2D eigenvalue weighted by atomic mass is 9.75. The summed E-state index contributed by atoms with van der Waals surface area (Å²) in [4.78, 5) is 12.4. The van der Waals surface area contributed by atoms with E-state index in [4.69, 9.17) is 10.00 Å². The number of nitrogens with zero attached hydrogens (tertiary/aromatic N) is 1. The molecule has 2 rings (SSSR count). The van der Waals surface area contributed by atoms with E-state index in [0.29, 0.717) is 11.5 Å². The van der Waals surface area contributed by atoms with E-state index in [9.17, 15) is 4.79 Å². The van der Waals surface area contributed by atoms with Crippen molar-refractivity contribution < 1.29 is 9.53 Å². The van der Waals surface area contributed by atoms with Gasteiger partial charge in [-0.3, -0.25) is 4.79 Å². The Hall–Kier alpha value is -1.86. The average molecular weight is 359 g/mol. The molecule has 0 saturated heterocycles. The van der Waals surface area contributed by atoms with Gasteiger partial charge >= 0.3 is 5.97 Å². The topological polar surface area (TPSA) is 62.1 Å². The van der Waals surface area contributed by atoms with Gasteiger partial charge in [-0.25, -0.2) is 0 Å². The van der Waals surface area contributed by atoms with E-state index in [1.54, 1.807) is 24.3 Å². The monoisotopic (exact) mass is 358 g/mol. The van der Waals surface area contributed by atoms with Crippen molar-refractivity contribution in [2.75, 3.05) is 13.6 Å². The van der Waals surface area contributed by atoms with Gasteiger partial charge in [0.15, 0.2) is 0 Å². The Kier molecular flexibility index (Phi) is 10.7. The minimum atomic E-state index is -0.369. The summed E-state index contributed by atoms with van der Waals surface area (Å²) in [5.74, 6) is 1.35. The fourth-order valence-electron chi connectivity index (χ4n) is 3.50. The number of hydrogen-bond donors (Lipinski definition) is 1. The molecule has 0 aliphatic heterocycles. The number of esters is 1. The van der Waals surface area contributed by atoms with E-state index in [-0.39, 0.29) is 18.0 Å². The minimum absolute atomic E-state index is 0.0196. The third-order valence-corrected chi connectivity index (χ3v) is 5.18. The van der Waals surface area contributed by atoms with Crippen LogP contribution in [0.4, 0.5) is 0 Å². The molecule has 1 fully saturated rings. The van der Waals surface area contributed by atoms with Crippen LogP contribution in [0.1, 0.15) is 52.9 Å². The molecule has 0 aromatic carbocycles. The first-order valence-electron chi connectivity index (χ1n) is 9.96. The Morgan fingerprint density at radius 1 is 1.31 bits per heavy atom. The molecule has 2 aliphatic carbocycles. The highest BCUT2D eigenvalue weighted by Crippen LogP contribution is 2.35. The highest BCUT2D eigenvalue weighted by atomic mass is 16.5. The van der Waals surface area contributed by atoms with E-state index in [2.05, 4.69) is 18.3 Å². The van der Waals surface area contributed by atoms with Crippen LogP contribution in [-0.2, 0) is 9.53 Å². The SMILES string of the molecule is CC.CNCCC(C)C1CCC(C(=O)OC2C=CC=C(C#N)C=C2)CC1. The second kappa shape index (κ2) is 12.5. The van der Waals surface area contributed by atoms with Crippen molar-refractivity contribution in [1.82, 2.24) is 5.32 Å². The van der Waals surface area contributed by atoms with Gasteiger partial charge in [0.25, 0.3) is 0 Å². The summed E-state index contributed by atoms with van der Waals surface area (Å²) in [5, 5.41) is 12.1. The van der Waals surface area contributed by atoms with Crippen LogP contribution in [0.3, 0.4) is 0 Å². The standard InChI is InChI=1S/C20H28N2O2.C2H6/c1-15(12-13-22-2)17-7-9-18(10-8-17)20(23)24-19-5-3-4-16(14-21)6-11-19;1-2/h3-6,11,15,17-19,22H,7-10,12-13H2,1-2H3;1-2H3. The Morgan fingerprint density at radius 3 is 2.62 bits per heavy atom. The van der Waals surface area contributed by atoms with Crippen LogP contribution in [0, 0.1) is 29.1 Å². The quantitative estimate of drug-likeness (QED) is 0.707. The summed E-state index contributed by atoms with van der Waals surface area (Å²) < 4.78 is 5.60. The molecule has 4 heteroatoms. The van der Waals surface area contributed by atoms with Gasteiger partial charge in [0.2, 0.25) is 0 Å². The predicted octanol–water partition coefficient (Wildman–Crippen LogP) is 4.55. The lowest BCUT2D eigenvalue weighted by Crippen LogP contribution is -2.29. The molecule has 0 aromatic rings. The van der Waals surface area contributed by atoms with Gasteiger partial charge < -0.3 is 10.1 Å². The second-order valence-corrected chi connectivity index (χ2v) is 6.86. The molecule has 1 N–H and O–H groups in total. The number of allylic oxidation sites excluding steroid dienone is 4. The number of carbonyl (C=O) groups excluding carboxylic acids is 1. The summed E-state index contributed by atoms with van der Waals surface area (Å²) in [7, 11) is 1.99. The van der Waals surface area contributed by atoms with Gasteiger partial charge in [-0.2, -0.15) is 5.26 Å². The molecule has 0 bridgehead atoms. The first-order chi connectivity index (χ1) is 12.6. The van der Waals surface area contributed by atoms with Crippen LogP contribution in [0.25, 0.3) is 0 Å². The first-order valence-corrected chi connectivity index (χ1v) is 9.96. The van der Waals surface area contributed by atoms with Crippen molar-refractivity contribution in [2.24, 2.45) is 17.8 Å². The fourth-order valence-corrected chi connectivity index (χ4v) is 3.50. The molecule has 1 saturated carbocycles. The minimum Gasteiger partial charge on any atom is -0.454 e. The Bertz CT molecular complexity index is 549. The van der Waals surface area contributed by atoms with Gasteiger partial charge in [-0.05, 0) is 81.8 Å². The van der Waals surface area contributed by atoms with E-state index in [1.807, 2.05) is 27.0 Å². The molecule has 2 unspecified atom stereocenters. The van der Waals surface area contributed by atoms with Crippen molar-refractivity contribution in [3.63, 3.8) is 0 Å². The van der Waals surface area contributed by atoms with Crippen molar-refractivity contribution in [1.29, 1.82) is 5.26 Å². The predicted molar refractivity (Wildman–Crippen MR) is 106 cm³/mol. The summed E-state index contributed by atoms with van der Waals surface area (Å²) in [6.07, 6.45) is 13.7. The zero-order valence-electron chi connectivity index (χ0n) is 16.7. The molecule has 0 aromatic heterocycles. The summed E-state index contributed by atoms with van der Waals surface area (Å²) >= 11 is 0. The number of carbonyl (C=O) groups is 1. The van der Waals surface area contributed by atoms with Crippen LogP contribution in [0.5, 0.6) is 0 Å². The largest absolute Gasteiger partial charge is 0.454 e. The zero-order valence-corrected chi connectivity index (χ0v) is 16.7. The van der Waals surface area contributed by atoms with E-state index >= 15 is 0 Å². The lowest BCUT2D eigenvalue weighted by Gasteiger charge is -2.31. The smallest absolute Gasteiger partial charge is 0.309 e. The summed E-state index contributed by atoms with van der Waals surface area (Å²) in [5.41, 5.74) is 0.570. The number of ether oxygens (including phenoxy) is 1. The van der Waals surface area contributed by atoms with Gasteiger partial charge in [-0.15, -0.1) is 0 Å². The number of nitriles is 1. The maximum absolute atomic E-state index is 12.4. The molecule has 0 amide bonds. The van der Waals surface area contributed by atoms with Crippen LogP contribution in [0.2, 0.25) is 0 Å². The number of hydrogen-bond acceptors (Lipinski definition) is 4. The fraction of sp³-hybridized carbons (Fsp3) is 0.636. The van der Waals surface area contributed by atoms with Crippen molar-refractivity contribution in [2.45, 2.75) is 59.0 Å². The summed E-state index contributed by atoms with van der Waals surface area (Å²) in [6, 6.07) is 2.09. The molecule has 2 aliphatic rings. The van der Waals surface area contributed by atoms with Gasteiger partial charge in [-0.1, -0.05) is 26.8 Å². The maximum atomic E-state index is 12.4. The summed E-state index contributed by atoms with van der Waals surface area (Å²) in [6.45, 7) is 7.38. The van der Waals surface area contributed by atoms with E-state index in [0.717, 1.165) is 38.1 Å². The molecule has 4 nitrogen and oxygen atoms in total. The second-order valence-electron chi connectivity index (χ2n) is 6.86. The first kappa shape index (κ1) is 22.2. The third kappa shape index (κ3) is 7.17. The van der Waals surface area contributed by atoms with Crippen molar-refractivity contribution in [3.8, 4) is 6.07 Å². The van der Waals surface area contributed by atoms with Crippen LogP contribution >= 0.6 is 0 Å². The highest BCUT2D eigenvalue weighted by Gasteiger charge is 2.30. The molecule has 2 atom stereocenters. The van der Waals surface area contributed by atoms with Gasteiger partial charge in [0.05, 0.1) is 17.6 Å². The van der Waals surface area contributed by atoms with Gasteiger partial charge in [0.1, 0.15) is 6.10 Å². The van der Waals surface area contributed by atoms with E-state index < -0.39 is 0 Å². The van der Waals surface area contributed by atoms with Gasteiger partial charge in [0, 0.05) is 0 Å². The molecule has 0 heterocycles. The molecule has 0 radical (unpaired) electrons.